The summed E-state index contributed by atoms with van der Waals surface area (Å²) in [7, 11) is -3.23. The van der Waals surface area contributed by atoms with Gasteiger partial charge in [-0.05, 0) is 5.19 Å². The molecular weight excluding hydrogens is 195 g/mol. The van der Waals surface area contributed by atoms with Crippen molar-refractivity contribution >= 4 is 25.8 Å². The number of para-hydroxylation sites is 1. The zero-order chi connectivity index (χ0) is 10.9. The second-order valence-electron chi connectivity index (χ2n) is 4.37. The molecule has 3 N–H and O–H groups in total. The third-order valence-electron chi connectivity index (χ3n) is 2.15. The minimum Gasteiger partial charge on any atom is -0.508 e. The molecule has 1 aromatic rings. The van der Waals surface area contributed by atoms with Gasteiger partial charge in [-0.3, -0.25) is 0 Å². The molecular formula is C9H15BO3Si. The first-order valence-corrected chi connectivity index (χ1v) is 8.02. The van der Waals surface area contributed by atoms with Gasteiger partial charge < -0.3 is 15.2 Å². The van der Waals surface area contributed by atoms with Gasteiger partial charge >= 0.3 is 7.12 Å². The van der Waals surface area contributed by atoms with Gasteiger partial charge in [-0.25, -0.2) is 0 Å². The monoisotopic (exact) mass is 210 g/mol. The van der Waals surface area contributed by atoms with Crippen molar-refractivity contribution in [2.45, 2.75) is 19.6 Å². The molecule has 14 heavy (non-hydrogen) atoms. The number of phenolic OH excluding ortho intramolecular Hbond substituents is 1. The summed E-state index contributed by atoms with van der Waals surface area (Å²) in [5.41, 5.74) is 0.185. The molecule has 0 bridgehead atoms. The number of hydrogen-bond donors (Lipinski definition) is 3. The van der Waals surface area contributed by atoms with Crippen molar-refractivity contribution in [3.8, 4) is 5.75 Å². The van der Waals surface area contributed by atoms with Crippen molar-refractivity contribution in [3.05, 3.63) is 18.2 Å². The maximum Gasteiger partial charge on any atom is 0.492 e. The van der Waals surface area contributed by atoms with Crippen molar-refractivity contribution in [1.29, 1.82) is 0 Å². The standard InChI is InChI=1S/C9H15BO3Si/c1-14(2,3)8-6-4-5-7(9(8)11)10(12)13/h4-6,11-13H,1-3H3. The van der Waals surface area contributed by atoms with E-state index in [9.17, 15) is 5.11 Å². The summed E-state index contributed by atoms with van der Waals surface area (Å²) in [6.07, 6.45) is 0. The van der Waals surface area contributed by atoms with Crippen LogP contribution in [0.25, 0.3) is 0 Å². The first-order valence-electron chi connectivity index (χ1n) is 4.52. The molecule has 0 aliphatic carbocycles. The highest BCUT2D eigenvalue weighted by molar-refractivity contribution is 6.89. The van der Waals surface area contributed by atoms with Crippen LogP contribution in [0.2, 0.25) is 19.6 Å². The van der Waals surface area contributed by atoms with Crippen LogP contribution in [0, 0.1) is 0 Å². The third kappa shape index (κ3) is 2.17. The summed E-state index contributed by atoms with van der Waals surface area (Å²) in [5.74, 6) is 0.0293. The molecule has 0 heterocycles. The number of phenols is 1. The molecule has 0 saturated carbocycles. The minimum atomic E-state index is -1.63. The topological polar surface area (TPSA) is 60.7 Å². The van der Waals surface area contributed by atoms with Gasteiger partial charge in [-0.1, -0.05) is 37.8 Å². The van der Waals surface area contributed by atoms with E-state index in [1.54, 1.807) is 6.07 Å². The van der Waals surface area contributed by atoms with E-state index in [4.69, 9.17) is 10.0 Å². The Hall–Kier alpha value is -0.778. The van der Waals surface area contributed by atoms with E-state index in [1.807, 2.05) is 6.07 Å². The summed E-state index contributed by atoms with van der Waals surface area (Å²) in [4.78, 5) is 0. The zero-order valence-corrected chi connectivity index (χ0v) is 9.65. The number of aromatic hydroxyl groups is 1. The zero-order valence-electron chi connectivity index (χ0n) is 8.65. The molecule has 5 heteroatoms. The Morgan fingerprint density at radius 2 is 1.71 bits per heavy atom. The first kappa shape index (κ1) is 11.3. The Morgan fingerprint density at radius 1 is 1.14 bits per heavy atom. The molecule has 1 rings (SSSR count). The maximum absolute atomic E-state index is 9.81. The van der Waals surface area contributed by atoms with Crippen molar-refractivity contribution < 1.29 is 15.2 Å². The number of rotatable bonds is 2. The van der Waals surface area contributed by atoms with E-state index in [0.717, 1.165) is 5.19 Å². The highest BCUT2D eigenvalue weighted by atomic mass is 28.3. The summed E-state index contributed by atoms with van der Waals surface area (Å²) in [6.45, 7) is 6.28. The smallest absolute Gasteiger partial charge is 0.492 e. The molecule has 76 valence electrons. The first-order chi connectivity index (χ1) is 6.34. The molecule has 0 saturated heterocycles. The van der Waals surface area contributed by atoms with Crippen LogP contribution < -0.4 is 10.6 Å². The molecule has 0 unspecified atom stereocenters. The lowest BCUT2D eigenvalue weighted by Gasteiger charge is -2.19. The second-order valence-corrected chi connectivity index (χ2v) is 9.41. The molecule has 3 nitrogen and oxygen atoms in total. The fraction of sp³-hybridized carbons (Fsp3) is 0.333. The molecule has 0 aliphatic heterocycles. The molecule has 0 radical (unpaired) electrons. The van der Waals surface area contributed by atoms with Gasteiger partial charge in [-0.2, -0.15) is 0 Å². The Balaban J connectivity index is 3.28. The number of benzene rings is 1. The fourth-order valence-electron chi connectivity index (χ4n) is 1.37. The van der Waals surface area contributed by atoms with Gasteiger partial charge in [0, 0.05) is 5.46 Å². The van der Waals surface area contributed by atoms with E-state index in [1.165, 1.54) is 6.07 Å². The van der Waals surface area contributed by atoms with E-state index < -0.39 is 15.2 Å². The van der Waals surface area contributed by atoms with Crippen molar-refractivity contribution in [2.75, 3.05) is 0 Å². The quantitative estimate of drug-likeness (QED) is 0.583. The lowest BCUT2D eigenvalue weighted by atomic mass is 9.80. The van der Waals surface area contributed by atoms with Crippen LogP contribution in [0.3, 0.4) is 0 Å². The van der Waals surface area contributed by atoms with E-state index in [-0.39, 0.29) is 11.2 Å². The average Bonchev–Trinajstić information content (AvgIpc) is 2.01. The summed E-state index contributed by atoms with van der Waals surface area (Å²) in [5, 5.41) is 28.7. The average molecular weight is 210 g/mol. The molecule has 0 spiro atoms. The predicted molar refractivity (Wildman–Crippen MR) is 60.9 cm³/mol. The third-order valence-corrected chi connectivity index (χ3v) is 4.17. The van der Waals surface area contributed by atoms with Gasteiger partial charge in [0.25, 0.3) is 0 Å². The van der Waals surface area contributed by atoms with Crippen LogP contribution in [0.5, 0.6) is 5.75 Å². The van der Waals surface area contributed by atoms with Crippen LogP contribution in [-0.2, 0) is 0 Å². The Bertz CT molecular complexity index is 333. The molecule has 0 amide bonds. The highest BCUT2D eigenvalue weighted by Crippen LogP contribution is 2.10. The van der Waals surface area contributed by atoms with Gasteiger partial charge in [-0.15, -0.1) is 0 Å². The number of hydrogen-bond acceptors (Lipinski definition) is 3. The second kappa shape index (κ2) is 3.76. The predicted octanol–water partition coefficient (Wildman–Crippen LogP) is -0.383. The molecule has 0 aliphatic rings. The SMILES string of the molecule is C[Si](C)(C)c1cccc(B(O)O)c1O. The minimum absolute atomic E-state index is 0.0293. The molecule has 0 aromatic heterocycles. The van der Waals surface area contributed by atoms with Crippen LogP contribution in [-0.4, -0.2) is 30.3 Å². The largest absolute Gasteiger partial charge is 0.508 e. The lowest BCUT2D eigenvalue weighted by Crippen LogP contribution is -2.42. The van der Waals surface area contributed by atoms with Gasteiger partial charge in [0.2, 0.25) is 0 Å². The Labute approximate surface area is 85.2 Å². The highest BCUT2D eigenvalue weighted by Gasteiger charge is 2.25. The fourth-order valence-corrected chi connectivity index (χ4v) is 2.83. The van der Waals surface area contributed by atoms with Crippen molar-refractivity contribution in [1.82, 2.24) is 0 Å². The van der Waals surface area contributed by atoms with Crippen LogP contribution in [0.4, 0.5) is 0 Å². The lowest BCUT2D eigenvalue weighted by molar-refractivity contribution is 0.420. The van der Waals surface area contributed by atoms with Gasteiger partial charge in [0.05, 0.1) is 8.07 Å². The van der Waals surface area contributed by atoms with Gasteiger partial charge in [0.15, 0.2) is 0 Å². The Kier molecular flexibility index (Phi) is 3.04. The van der Waals surface area contributed by atoms with Gasteiger partial charge in [0.1, 0.15) is 5.75 Å². The van der Waals surface area contributed by atoms with Crippen molar-refractivity contribution in [3.63, 3.8) is 0 Å². The summed E-state index contributed by atoms with van der Waals surface area (Å²) in [6, 6.07) is 5.10. The summed E-state index contributed by atoms with van der Waals surface area (Å²) >= 11 is 0. The van der Waals surface area contributed by atoms with E-state index in [2.05, 4.69) is 19.6 Å². The van der Waals surface area contributed by atoms with Crippen molar-refractivity contribution in [2.24, 2.45) is 0 Å². The van der Waals surface area contributed by atoms with Crippen LogP contribution >= 0.6 is 0 Å². The summed E-state index contributed by atoms with van der Waals surface area (Å²) < 4.78 is 0. The molecule has 0 fully saturated rings. The normalized spacial score (nSPS) is 11.5. The maximum atomic E-state index is 9.81. The van der Waals surface area contributed by atoms with Crippen LogP contribution in [0.1, 0.15) is 0 Å². The Morgan fingerprint density at radius 3 is 2.14 bits per heavy atom. The van der Waals surface area contributed by atoms with E-state index >= 15 is 0 Å². The van der Waals surface area contributed by atoms with Crippen LogP contribution in [0.15, 0.2) is 18.2 Å². The molecule has 0 atom stereocenters. The molecule has 1 aromatic carbocycles. The van der Waals surface area contributed by atoms with E-state index in [0.29, 0.717) is 0 Å².